The first-order valence-electron chi connectivity index (χ1n) is 6.22. The predicted octanol–water partition coefficient (Wildman–Crippen LogP) is 2.10. The Kier molecular flexibility index (Phi) is 4.57. The number of hydrogen-bond donors (Lipinski definition) is 1. The minimum absolute atomic E-state index is 0.373. The van der Waals surface area contributed by atoms with Gasteiger partial charge >= 0.3 is 0 Å². The maximum Gasteiger partial charge on any atom is 0.164 e. The van der Waals surface area contributed by atoms with Crippen LogP contribution in [0.25, 0.3) is 0 Å². The lowest BCUT2D eigenvalue weighted by Crippen LogP contribution is -2.15. The lowest BCUT2D eigenvalue weighted by atomic mass is 10.2. The molecular formula is C13H16F2N4. The van der Waals surface area contributed by atoms with Crippen LogP contribution in [0.15, 0.2) is 24.5 Å². The number of nitrogens with one attached hydrogen (secondary N) is 1. The molecule has 0 atom stereocenters. The Balaban J connectivity index is 1.97. The van der Waals surface area contributed by atoms with Gasteiger partial charge < -0.3 is 5.32 Å². The van der Waals surface area contributed by atoms with E-state index in [-0.39, 0.29) is 0 Å². The van der Waals surface area contributed by atoms with E-state index < -0.39 is 11.6 Å². The molecule has 0 saturated heterocycles. The van der Waals surface area contributed by atoms with E-state index in [9.17, 15) is 8.78 Å². The van der Waals surface area contributed by atoms with Crippen LogP contribution in [0.2, 0.25) is 0 Å². The van der Waals surface area contributed by atoms with Gasteiger partial charge in [0.05, 0.1) is 13.1 Å². The monoisotopic (exact) mass is 266 g/mol. The summed E-state index contributed by atoms with van der Waals surface area (Å²) in [5.74, 6) is -0.995. The van der Waals surface area contributed by atoms with E-state index in [1.165, 1.54) is 12.1 Å². The van der Waals surface area contributed by atoms with Gasteiger partial charge in [-0.3, -0.25) is 0 Å². The summed E-state index contributed by atoms with van der Waals surface area (Å²) in [6, 6.07) is 3.83. The largest absolute Gasteiger partial charge is 0.310 e. The molecule has 0 fully saturated rings. The first-order chi connectivity index (χ1) is 9.19. The topological polar surface area (TPSA) is 42.7 Å². The van der Waals surface area contributed by atoms with Crippen LogP contribution in [-0.2, 0) is 13.1 Å². The number of rotatable bonds is 6. The van der Waals surface area contributed by atoms with Gasteiger partial charge in [0, 0.05) is 0 Å². The van der Waals surface area contributed by atoms with Crippen molar-refractivity contribution in [3.8, 4) is 0 Å². The van der Waals surface area contributed by atoms with Crippen molar-refractivity contribution in [1.29, 1.82) is 0 Å². The van der Waals surface area contributed by atoms with Gasteiger partial charge in [0.2, 0.25) is 0 Å². The molecule has 0 aliphatic rings. The van der Waals surface area contributed by atoms with Crippen LogP contribution in [0.3, 0.4) is 0 Å². The van der Waals surface area contributed by atoms with E-state index in [2.05, 4.69) is 22.3 Å². The molecule has 102 valence electrons. The van der Waals surface area contributed by atoms with E-state index >= 15 is 0 Å². The van der Waals surface area contributed by atoms with Crippen molar-refractivity contribution < 1.29 is 8.78 Å². The summed E-state index contributed by atoms with van der Waals surface area (Å²) < 4.78 is 27.5. The summed E-state index contributed by atoms with van der Waals surface area (Å²) in [6.45, 7) is 3.98. The van der Waals surface area contributed by atoms with Crippen LogP contribution in [0.4, 0.5) is 8.78 Å². The van der Waals surface area contributed by atoms with Gasteiger partial charge in [0.25, 0.3) is 0 Å². The fourth-order valence-corrected chi connectivity index (χ4v) is 1.69. The molecule has 1 aromatic heterocycles. The van der Waals surface area contributed by atoms with Crippen molar-refractivity contribution in [2.24, 2.45) is 0 Å². The van der Waals surface area contributed by atoms with E-state index in [0.29, 0.717) is 24.5 Å². The molecule has 1 heterocycles. The van der Waals surface area contributed by atoms with Gasteiger partial charge in [-0.1, -0.05) is 13.0 Å². The highest BCUT2D eigenvalue weighted by molar-refractivity contribution is 5.17. The van der Waals surface area contributed by atoms with Crippen LogP contribution in [-0.4, -0.2) is 21.3 Å². The molecule has 0 aliphatic carbocycles. The van der Waals surface area contributed by atoms with Crippen molar-refractivity contribution in [3.63, 3.8) is 0 Å². The summed E-state index contributed by atoms with van der Waals surface area (Å²) in [6.07, 6.45) is 2.64. The Morgan fingerprint density at radius 2 is 2.11 bits per heavy atom. The summed E-state index contributed by atoms with van der Waals surface area (Å²) in [7, 11) is 0. The maximum absolute atomic E-state index is 13.1. The second kappa shape index (κ2) is 6.38. The van der Waals surface area contributed by atoms with E-state index in [4.69, 9.17) is 0 Å². The Morgan fingerprint density at radius 1 is 1.26 bits per heavy atom. The molecule has 0 bridgehead atoms. The standard InChI is InChI=1S/C13H16F2N4/c1-2-5-16-7-13-17-9-19(18-13)8-10-3-4-11(14)12(15)6-10/h3-4,6,9,16H,2,5,7-8H2,1H3. The van der Waals surface area contributed by atoms with Crippen molar-refractivity contribution >= 4 is 0 Å². The molecule has 0 spiro atoms. The van der Waals surface area contributed by atoms with Crippen LogP contribution in [0.1, 0.15) is 24.7 Å². The maximum atomic E-state index is 13.1. The SMILES string of the molecule is CCCNCc1ncn(Cc2ccc(F)c(F)c2)n1. The number of benzene rings is 1. The molecule has 19 heavy (non-hydrogen) atoms. The Bertz CT molecular complexity index is 539. The van der Waals surface area contributed by atoms with Gasteiger partial charge in [-0.15, -0.1) is 0 Å². The molecule has 1 aromatic carbocycles. The van der Waals surface area contributed by atoms with Gasteiger partial charge in [0.1, 0.15) is 6.33 Å². The molecule has 4 nitrogen and oxygen atoms in total. The molecule has 1 N–H and O–H groups in total. The molecule has 6 heteroatoms. The van der Waals surface area contributed by atoms with Crippen LogP contribution in [0.5, 0.6) is 0 Å². The van der Waals surface area contributed by atoms with Crippen molar-refractivity contribution in [3.05, 3.63) is 47.5 Å². The van der Waals surface area contributed by atoms with Crippen LogP contribution >= 0.6 is 0 Å². The fraction of sp³-hybridized carbons (Fsp3) is 0.385. The summed E-state index contributed by atoms with van der Waals surface area (Å²) in [5, 5.41) is 7.45. The minimum atomic E-state index is -0.845. The normalized spacial score (nSPS) is 10.9. The molecule has 0 unspecified atom stereocenters. The second-order valence-corrected chi connectivity index (χ2v) is 4.28. The molecular weight excluding hydrogens is 250 g/mol. The summed E-state index contributed by atoms with van der Waals surface area (Å²) in [5.41, 5.74) is 0.650. The van der Waals surface area contributed by atoms with Gasteiger partial charge in [-0.2, -0.15) is 5.10 Å². The lowest BCUT2D eigenvalue weighted by Gasteiger charge is -2.02. The fourth-order valence-electron chi connectivity index (χ4n) is 1.69. The number of hydrogen-bond acceptors (Lipinski definition) is 3. The third-order valence-corrected chi connectivity index (χ3v) is 2.62. The number of nitrogens with zero attached hydrogens (tertiary/aromatic N) is 3. The van der Waals surface area contributed by atoms with E-state index in [1.54, 1.807) is 11.0 Å². The zero-order chi connectivity index (χ0) is 13.7. The number of halogens is 2. The van der Waals surface area contributed by atoms with E-state index in [0.717, 1.165) is 19.0 Å². The van der Waals surface area contributed by atoms with Crippen molar-refractivity contribution in [1.82, 2.24) is 20.1 Å². The zero-order valence-electron chi connectivity index (χ0n) is 10.7. The quantitative estimate of drug-likeness (QED) is 0.814. The molecule has 2 rings (SSSR count). The lowest BCUT2D eigenvalue weighted by molar-refractivity contribution is 0.505. The van der Waals surface area contributed by atoms with Crippen molar-refractivity contribution in [2.45, 2.75) is 26.4 Å². The average molecular weight is 266 g/mol. The minimum Gasteiger partial charge on any atom is -0.310 e. The van der Waals surface area contributed by atoms with Gasteiger partial charge in [0.15, 0.2) is 17.5 Å². The summed E-state index contributed by atoms with van der Waals surface area (Å²) in [4.78, 5) is 4.15. The molecule has 0 amide bonds. The highest BCUT2D eigenvalue weighted by Gasteiger charge is 2.05. The zero-order valence-corrected chi connectivity index (χ0v) is 10.7. The highest BCUT2D eigenvalue weighted by atomic mass is 19.2. The predicted molar refractivity (Wildman–Crippen MR) is 67.5 cm³/mol. The average Bonchev–Trinajstić information content (AvgIpc) is 2.82. The second-order valence-electron chi connectivity index (χ2n) is 4.28. The third kappa shape index (κ3) is 3.82. The highest BCUT2D eigenvalue weighted by Crippen LogP contribution is 2.09. The van der Waals surface area contributed by atoms with Gasteiger partial charge in [-0.05, 0) is 30.7 Å². The number of aromatic nitrogens is 3. The Morgan fingerprint density at radius 3 is 2.84 bits per heavy atom. The van der Waals surface area contributed by atoms with Crippen LogP contribution < -0.4 is 5.32 Å². The van der Waals surface area contributed by atoms with E-state index in [1.807, 2.05) is 0 Å². The van der Waals surface area contributed by atoms with Crippen molar-refractivity contribution in [2.75, 3.05) is 6.54 Å². The first kappa shape index (κ1) is 13.6. The van der Waals surface area contributed by atoms with Crippen LogP contribution in [0, 0.1) is 11.6 Å². The summed E-state index contributed by atoms with van der Waals surface area (Å²) >= 11 is 0. The third-order valence-electron chi connectivity index (χ3n) is 2.62. The Hall–Kier alpha value is -1.82. The molecule has 0 saturated carbocycles. The smallest absolute Gasteiger partial charge is 0.164 e. The van der Waals surface area contributed by atoms with Gasteiger partial charge in [-0.25, -0.2) is 18.4 Å². The first-order valence-corrected chi connectivity index (χ1v) is 6.22. The molecule has 2 aromatic rings. The molecule has 0 radical (unpaired) electrons. The Labute approximate surface area is 110 Å². The molecule has 0 aliphatic heterocycles.